The minimum absolute atomic E-state index is 0.121. The molecule has 1 unspecified atom stereocenters. The van der Waals surface area contributed by atoms with Crippen molar-refractivity contribution in [1.29, 1.82) is 0 Å². The van der Waals surface area contributed by atoms with Gasteiger partial charge in [-0.1, -0.05) is 19.8 Å². The highest BCUT2D eigenvalue weighted by molar-refractivity contribution is 8.24. The Bertz CT molecular complexity index is 191. The molecule has 0 rings (SSSR count). The molecule has 0 aliphatic carbocycles. The van der Waals surface area contributed by atoms with Crippen LogP contribution in [0.2, 0.25) is 0 Å². The van der Waals surface area contributed by atoms with Gasteiger partial charge in [0, 0.05) is 5.75 Å². The third kappa shape index (κ3) is 7.85. The van der Waals surface area contributed by atoms with Crippen molar-refractivity contribution in [2.75, 3.05) is 5.75 Å². The first-order chi connectivity index (χ1) is 6.37. The highest BCUT2D eigenvalue weighted by Gasteiger charge is 2.14. The van der Waals surface area contributed by atoms with Crippen LogP contribution < -0.4 is 0 Å². The molecule has 0 aliphatic heterocycles. The highest BCUT2D eigenvalue weighted by atomic mass is 32.2. The second kappa shape index (κ2) is 6.88. The van der Waals surface area contributed by atoms with E-state index in [9.17, 15) is 5.11 Å². The summed E-state index contributed by atoms with van der Waals surface area (Å²) >= 11 is 3.97. The van der Waals surface area contributed by atoms with Gasteiger partial charge in [-0.05, 0) is 38.0 Å². The van der Waals surface area contributed by atoms with Crippen LogP contribution in [0.4, 0.5) is 0 Å². The standard InChI is InChI=1S/C10H22O2S2/c1-5-6-7-8-14(9(11)13)12-10(2,3)4/h11,13H,5-8H2,1-4H3. The summed E-state index contributed by atoms with van der Waals surface area (Å²) in [5.74, 6) is 0.875. The van der Waals surface area contributed by atoms with Gasteiger partial charge in [0.2, 0.25) is 0 Å². The zero-order valence-electron chi connectivity index (χ0n) is 9.54. The van der Waals surface area contributed by atoms with E-state index in [-0.39, 0.29) is 9.98 Å². The lowest BCUT2D eigenvalue weighted by Crippen LogP contribution is -2.17. The van der Waals surface area contributed by atoms with E-state index in [1.54, 1.807) is 0 Å². The molecule has 0 heterocycles. The fourth-order valence-corrected chi connectivity index (χ4v) is 2.75. The van der Waals surface area contributed by atoms with Gasteiger partial charge in [-0.25, -0.2) is 0 Å². The molecule has 0 aromatic heterocycles. The normalized spacial score (nSPS) is 15.4. The average Bonchev–Trinajstić information content (AvgIpc) is 2.00. The lowest BCUT2D eigenvalue weighted by molar-refractivity contribution is 0.163. The SMILES string of the molecule is CCCCCS(OC(C)(C)C)=C(O)S. The van der Waals surface area contributed by atoms with E-state index in [2.05, 4.69) is 19.6 Å². The molecule has 0 aromatic rings. The molecule has 2 nitrogen and oxygen atoms in total. The van der Waals surface area contributed by atoms with Crippen LogP contribution >= 0.6 is 23.4 Å². The molecule has 0 bridgehead atoms. The Morgan fingerprint density at radius 3 is 2.29 bits per heavy atom. The summed E-state index contributed by atoms with van der Waals surface area (Å²) in [7, 11) is -0.511. The van der Waals surface area contributed by atoms with E-state index in [1.807, 2.05) is 20.8 Å². The Labute approximate surface area is 95.6 Å². The maximum atomic E-state index is 9.34. The lowest BCUT2D eigenvalue weighted by atomic mass is 10.2. The van der Waals surface area contributed by atoms with Crippen molar-refractivity contribution >= 4 is 27.8 Å². The summed E-state index contributed by atoms with van der Waals surface area (Å²) in [6.45, 7) is 8.13. The van der Waals surface area contributed by atoms with Crippen LogP contribution in [0.5, 0.6) is 0 Å². The van der Waals surface area contributed by atoms with Crippen LogP contribution in [0.25, 0.3) is 0 Å². The number of rotatable bonds is 5. The average molecular weight is 238 g/mol. The Balaban J connectivity index is 4.13. The quantitative estimate of drug-likeness (QED) is 0.434. The monoisotopic (exact) mass is 238 g/mol. The maximum absolute atomic E-state index is 9.34. The minimum Gasteiger partial charge on any atom is -0.349 e. The van der Waals surface area contributed by atoms with Gasteiger partial charge in [0.25, 0.3) is 0 Å². The second-order valence-corrected chi connectivity index (χ2v) is 6.61. The van der Waals surface area contributed by atoms with E-state index in [1.165, 1.54) is 12.8 Å². The molecule has 0 aliphatic rings. The van der Waals surface area contributed by atoms with E-state index in [0.29, 0.717) is 0 Å². The first-order valence-corrected chi connectivity index (χ1v) is 6.78. The Hall–Kier alpha value is 0.490. The van der Waals surface area contributed by atoms with Crippen LogP contribution in [0, 0.1) is 0 Å². The first-order valence-electron chi connectivity index (χ1n) is 5.02. The molecule has 86 valence electrons. The van der Waals surface area contributed by atoms with Crippen molar-refractivity contribution < 1.29 is 9.29 Å². The molecule has 0 saturated carbocycles. The van der Waals surface area contributed by atoms with Gasteiger partial charge >= 0.3 is 0 Å². The summed E-state index contributed by atoms with van der Waals surface area (Å²) in [6.07, 6.45) is 3.44. The van der Waals surface area contributed by atoms with Crippen molar-refractivity contribution in [3.8, 4) is 0 Å². The molecule has 4 heteroatoms. The smallest absolute Gasteiger partial charge is 0.152 e. The number of hydrogen-bond donors (Lipinski definition) is 2. The molecule has 1 atom stereocenters. The van der Waals surface area contributed by atoms with Crippen molar-refractivity contribution in [3.63, 3.8) is 0 Å². The number of thiol groups is 1. The summed E-state index contributed by atoms with van der Waals surface area (Å²) in [5, 5.41) is 9.34. The van der Waals surface area contributed by atoms with Gasteiger partial charge in [-0.15, -0.1) is 12.6 Å². The van der Waals surface area contributed by atoms with Crippen molar-refractivity contribution in [2.45, 2.75) is 52.6 Å². The summed E-state index contributed by atoms with van der Waals surface area (Å²) in [5.41, 5.74) is -0.216. The largest absolute Gasteiger partial charge is 0.349 e. The molecule has 0 spiro atoms. The molecule has 0 saturated heterocycles. The number of aliphatic hydroxyl groups is 1. The van der Waals surface area contributed by atoms with Gasteiger partial charge in [0.05, 0.1) is 5.60 Å². The van der Waals surface area contributed by atoms with E-state index in [4.69, 9.17) is 4.18 Å². The predicted octanol–water partition coefficient (Wildman–Crippen LogP) is 3.75. The van der Waals surface area contributed by atoms with Crippen molar-refractivity contribution in [2.24, 2.45) is 0 Å². The topological polar surface area (TPSA) is 29.5 Å². The molecule has 0 aromatic carbocycles. The lowest BCUT2D eigenvalue weighted by Gasteiger charge is -2.22. The van der Waals surface area contributed by atoms with Crippen LogP contribution in [0.1, 0.15) is 47.0 Å². The Kier molecular flexibility index (Phi) is 7.12. The predicted molar refractivity (Wildman–Crippen MR) is 69.4 cm³/mol. The molecular formula is C10H22O2S2. The zero-order valence-corrected chi connectivity index (χ0v) is 11.3. The number of unbranched alkanes of at least 4 members (excludes halogenated alkanes) is 2. The number of hydrogen-bond acceptors (Lipinski definition) is 1. The summed E-state index contributed by atoms with van der Waals surface area (Å²) in [4.78, 5) is 0. The molecule has 0 amide bonds. The molecular weight excluding hydrogens is 216 g/mol. The molecule has 0 fully saturated rings. The van der Waals surface area contributed by atoms with Crippen LogP contribution in [0.3, 0.4) is 0 Å². The van der Waals surface area contributed by atoms with E-state index < -0.39 is 10.8 Å². The summed E-state index contributed by atoms with van der Waals surface area (Å²) in [6, 6.07) is 0. The summed E-state index contributed by atoms with van der Waals surface area (Å²) < 4.78 is 5.83. The third-order valence-corrected chi connectivity index (χ3v) is 3.87. The molecule has 0 radical (unpaired) electrons. The minimum atomic E-state index is -0.511. The van der Waals surface area contributed by atoms with Gasteiger partial charge < -0.3 is 9.29 Å². The van der Waals surface area contributed by atoms with Crippen LogP contribution in [-0.4, -0.2) is 20.8 Å². The van der Waals surface area contributed by atoms with Gasteiger partial charge in [-0.2, -0.15) is 0 Å². The van der Waals surface area contributed by atoms with E-state index in [0.717, 1.165) is 12.2 Å². The fraction of sp³-hybridized carbons (Fsp3) is 0.900. The first kappa shape index (κ1) is 14.5. The Morgan fingerprint density at radius 2 is 1.93 bits per heavy atom. The van der Waals surface area contributed by atoms with Crippen molar-refractivity contribution in [3.05, 3.63) is 0 Å². The Morgan fingerprint density at radius 1 is 1.36 bits per heavy atom. The van der Waals surface area contributed by atoms with Crippen molar-refractivity contribution in [1.82, 2.24) is 0 Å². The second-order valence-electron chi connectivity index (χ2n) is 4.24. The highest BCUT2D eigenvalue weighted by Crippen LogP contribution is 2.27. The van der Waals surface area contributed by atoms with Gasteiger partial charge in [0.1, 0.15) is 0 Å². The molecule has 1 N–H and O–H groups in total. The molecule has 14 heavy (non-hydrogen) atoms. The van der Waals surface area contributed by atoms with Gasteiger partial charge in [-0.3, -0.25) is 0 Å². The third-order valence-electron chi connectivity index (χ3n) is 1.49. The zero-order chi connectivity index (χ0) is 11.2. The van der Waals surface area contributed by atoms with Crippen LogP contribution in [-0.2, 0) is 4.18 Å². The fourth-order valence-electron chi connectivity index (χ4n) is 0.955. The van der Waals surface area contributed by atoms with Crippen LogP contribution in [0.15, 0.2) is 0 Å². The number of aliphatic hydroxyl groups excluding tert-OH is 1. The maximum Gasteiger partial charge on any atom is 0.152 e. The van der Waals surface area contributed by atoms with E-state index >= 15 is 0 Å². The van der Waals surface area contributed by atoms with Gasteiger partial charge in [0.15, 0.2) is 4.38 Å².